The van der Waals surface area contributed by atoms with Gasteiger partial charge in [-0.1, -0.05) is 18.2 Å². The number of carbonyl (C=O) groups excluding carboxylic acids is 1. The van der Waals surface area contributed by atoms with Gasteiger partial charge in [0.2, 0.25) is 5.91 Å². The number of aliphatic hydroxyl groups excluding tert-OH is 7. The summed E-state index contributed by atoms with van der Waals surface area (Å²) < 4.78 is 16.3. The predicted octanol–water partition coefficient (Wildman–Crippen LogP) is -3.81. The normalized spacial score (nSPS) is 37.8. The number of nitrogens with one attached hydrogen (secondary N) is 2. The molecule has 1 unspecified atom stereocenters. The van der Waals surface area contributed by atoms with Crippen LogP contribution in [0.5, 0.6) is 0 Å². The smallest absolute Gasteiger partial charge is 0.221 e. The topological polar surface area (TPSA) is 223 Å². The van der Waals surface area contributed by atoms with E-state index in [2.05, 4.69) is 15.8 Å². The molecule has 10 atom stereocenters. The Bertz CT molecular complexity index is 871. The number of nitrogens with zero attached hydrogens (tertiary/aromatic N) is 1. The lowest BCUT2D eigenvalue weighted by atomic mass is 9.96. The van der Waals surface area contributed by atoms with Gasteiger partial charge in [-0.25, -0.2) is 0 Å². The number of rotatable bonds is 8. The van der Waals surface area contributed by atoms with E-state index in [4.69, 9.17) is 14.2 Å². The third-order valence-electron chi connectivity index (χ3n) is 5.68. The van der Waals surface area contributed by atoms with Gasteiger partial charge in [-0.2, -0.15) is 5.10 Å². The zero-order valence-corrected chi connectivity index (χ0v) is 18.8. The Morgan fingerprint density at radius 2 is 1.66 bits per heavy atom. The molecule has 196 valence electrons. The molecule has 35 heavy (non-hydrogen) atoms. The van der Waals surface area contributed by atoms with E-state index in [0.717, 1.165) is 0 Å². The molecule has 0 aromatic heterocycles. The maximum absolute atomic E-state index is 11.3. The number of ether oxygens (including phenoxy) is 3. The van der Waals surface area contributed by atoms with Crippen LogP contribution >= 0.6 is 0 Å². The molecular formula is C21H31N3O11. The van der Waals surface area contributed by atoms with Gasteiger partial charge in [0, 0.05) is 18.2 Å². The third kappa shape index (κ3) is 6.31. The first-order valence-electron chi connectivity index (χ1n) is 10.9. The zero-order chi connectivity index (χ0) is 25.7. The van der Waals surface area contributed by atoms with E-state index in [1.807, 2.05) is 0 Å². The molecule has 0 radical (unpaired) electrons. The summed E-state index contributed by atoms with van der Waals surface area (Å²) in [4.78, 5) is 11.3. The van der Waals surface area contributed by atoms with Gasteiger partial charge in [-0.05, 0) is 6.07 Å². The molecule has 0 saturated carbocycles. The van der Waals surface area contributed by atoms with Crippen molar-refractivity contribution in [3.05, 3.63) is 29.8 Å². The van der Waals surface area contributed by atoms with Gasteiger partial charge in [-0.3, -0.25) is 10.2 Å². The van der Waals surface area contributed by atoms with Crippen molar-refractivity contribution in [3.63, 3.8) is 0 Å². The number of hydrogen-bond donors (Lipinski definition) is 9. The fourth-order valence-electron chi connectivity index (χ4n) is 3.79. The Morgan fingerprint density at radius 1 is 0.971 bits per heavy atom. The molecule has 1 aromatic carbocycles. The van der Waals surface area contributed by atoms with E-state index in [-0.39, 0.29) is 5.91 Å². The number of hydrazone groups is 1. The quantitative estimate of drug-likeness (QED) is 0.124. The van der Waals surface area contributed by atoms with Crippen LogP contribution in [0.4, 0.5) is 5.69 Å². The largest absolute Gasteiger partial charge is 0.394 e. The van der Waals surface area contributed by atoms with E-state index in [1.54, 1.807) is 24.3 Å². The van der Waals surface area contributed by atoms with Crippen molar-refractivity contribution < 1.29 is 54.8 Å². The lowest BCUT2D eigenvalue weighted by Gasteiger charge is -2.45. The number of carbonyl (C=O) groups is 1. The summed E-state index contributed by atoms with van der Waals surface area (Å²) in [7, 11) is 0. The van der Waals surface area contributed by atoms with Crippen LogP contribution in [0.3, 0.4) is 0 Å². The van der Waals surface area contributed by atoms with Crippen LogP contribution < -0.4 is 10.7 Å². The SMILES string of the molecule is CC(=O)Nc1ccccc1/C=N/NC1O[C@H](CO)[C@@H](O[C@@H]2O[C@H](CO)[C@@H](O)[C@H](O)[C@H]2O)[C@H](O)[C@H]1O. The molecule has 0 aliphatic carbocycles. The van der Waals surface area contributed by atoms with Crippen molar-refractivity contribution >= 4 is 17.8 Å². The summed E-state index contributed by atoms with van der Waals surface area (Å²) >= 11 is 0. The Kier molecular flexibility index (Phi) is 9.48. The van der Waals surface area contributed by atoms with Crippen molar-refractivity contribution in [3.8, 4) is 0 Å². The Hall–Kier alpha value is -2.24. The predicted molar refractivity (Wildman–Crippen MR) is 118 cm³/mol. The Morgan fingerprint density at radius 3 is 2.31 bits per heavy atom. The molecule has 9 N–H and O–H groups in total. The molecule has 2 heterocycles. The first-order chi connectivity index (χ1) is 16.7. The van der Waals surface area contributed by atoms with Crippen molar-refractivity contribution in [2.24, 2.45) is 5.10 Å². The molecule has 14 nitrogen and oxygen atoms in total. The minimum atomic E-state index is -1.75. The van der Waals surface area contributed by atoms with Gasteiger partial charge in [0.1, 0.15) is 48.8 Å². The van der Waals surface area contributed by atoms with Crippen molar-refractivity contribution in [1.82, 2.24) is 5.43 Å². The molecule has 0 bridgehead atoms. The van der Waals surface area contributed by atoms with E-state index < -0.39 is 74.6 Å². The second-order valence-corrected chi connectivity index (χ2v) is 8.21. The third-order valence-corrected chi connectivity index (χ3v) is 5.68. The maximum atomic E-state index is 11.3. The molecule has 1 aromatic rings. The second-order valence-electron chi connectivity index (χ2n) is 8.21. The molecule has 3 rings (SSSR count). The molecule has 14 heteroatoms. The summed E-state index contributed by atoms with van der Waals surface area (Å²) in [5.74, 6) is -0.274. The standard InChI is InChI=1S/C21H31N3O11/c1-9(27)23-11-5-3-2-4-10(11)6-22-24-20-17(31)16(30)19(13(8-26)33-20)35-21-18(32)15(29)14(28)12(7-25)34-21/h2-6,12-21,24-26,28-32H,7-8H2,1H3,(H,23,27)/b22-6+/t12-,13-,14-,15+,16-,17-,18-,19-,20?,21+/m1/s1. The lowest BCUT2D eigenvalue weighted by Crippen LogP contribution is -2.65. The summed E-state index contributed by atoms with van der Waals surface area (Å²) in [5.41, 5.74) is 3.57. The fourth-order valence-corrected chi connectivity index (χ4v) is 3.79. The monoisotopic (exact) mass is 501 g/mol. The minimum Gasteiger partial charge on any atom is -0.394 e. The Balaban J connectivity index is 1.67. The molecule has 2 aliphatic rings. The highest BCUT2D eigenvalue weighted by atomic mass is 16.7. The van der Waals surface area contributed by atoms with Gasteiger partial charge >= 0.3 is 0 Å². The molecule has 2 fully saturated rings. The average Bonchev–Trinajstić information content (AvgIpc) is 2.84. The summed E-state index contributed by atoms with van der Waals surface area (Å²) in [6.45, 7) is 0.00618. The first-order valence-corrected chi connectivity index (χ1v) is 10.9. The maximum Gasteiger partial charge on any atom is 0.221 e. The number of aliphatic hydroxyl groups is 7. The van der Waals surface area contributed by atoms with Crippen molar-refractivity contribution in [1.29, 1.82) is 0 Å². The van der Waals surface area contributed by atoms with E-state index >= 15 is 0 Å². The zero-order valence-electron chi connectivity index (χ0n) is 18.8. The number of amides is 1. The van der Waals surface area contributed by atoms with Gasteiger partial charge in [-0.15, -0.1) is 0 Å². The number of benzene rings is 1. The molecule has 2 aliphatic heterocycles. The van der Waals surface area contributed by atoms with Crippen molar-refractivity contribution in [2.45, 2.75) is 68.3 Å². The summed E-state index contributed by atoms with van der Waals surface area (Å²) in [6, 6.07) is 6.80. The van der Waals surface area contributed by atoms with Crippen LogP contribution in [0.15, 0.2) is 29.4 Å². The van der Waals surface area contributed by atoms with Gasteiger partial charge in [0.05, 0.1) is 19.4 Å². The first kappa shape index (κ1) is 27.3. The second kappa shape index (κ2) is 12.1. The lowest BCUT2D eigenvalue weighted by molar-refractivity contribution is -0.343. The van der Waals surface area contributed by atoms with E-state index in [0.29, 0.717) is 11.3 Å². The molecular weight excluding hydrogens is 470 g/mol. The highest BCUT2D eigenvalue weighted by Gasteiger charge is 2.50. The van der Waals surface area contributed by atoms with Crippen LogP contribution in [0.2, 0.25) is 0 Å². The Labute approximate surface area is 200 Å². The van der Waals surface area contributed by atoms with E-state index in [1.165, 1.54) is 13.1 Å². The molecule has 2 saturated heterocycles. The summed E-state index contributed by atoms with van der Waals surface area (Å²) in [5, 5.41) is 76.8. The van der Waals surface area contributed by atoms with Crippen LogP contribution in [0.1, 0.15) is 12.5 Å². The fraction of sp³-hybridized carbons (Fsp3) is 0.619. The van der Waals surface area contributed by atoms with Crippen LogP contribution in [-0.2, 0) is 19.0 Å². The van der Waals surface area contributed by atoms with Gasteiger partial charge < -0.3 is 55.3 Å². The van der Waals surface area contributed by atoms with Crippen LogP contribution in [-0.4, -0.2) is 122 Å². The van der Waals surface area contributed by atoms with E-state index in [9.17, 15) is 40.5 Å². The number of para-hydroxylation sites is 1. The van der Waals surface area contributed by atoms with Crippen molar-refractivity contribution in [2.75, 3.05) is 18.5 Å². The minimum absolute atomic E-state index is 0.274. The highest BCUT2D eigenvalue weighted by molar-refractivity contribution is 5.96. The molecule has 1 amide bonds. The molecule has 0 spiro atoms. The van der Waals surface area contributed by atoms with Crippen LogP contribution in [0.25, 0.3) is 0 Å². The van der Waals surface area contributed by atoms with Gasteiger partial charge in [0.15, 0.2) is 12.5 Å². The number of hydrogen-bond acceptors (Lipinski definition) is 13. The number of anilines is 1. The van der Waals surface area contributed by atoms with Crippen LogP contribution in [0, 0.1) is 0 Å². The summed E-state index contributed by atoms with van der Waals surface area (Å²) in [6.07, 6.45) is -13.8. The average molecular weight is 501 g/mol. The highest BCUT2D eigenvalue weighted by Crippen LogP contribution is 2.28. The van der Waals surface area contributed by atoms with Gasteiger partial charge in [0.25, 0.3) is 0 Å².